The Bertz CT molecular complexity index is 1690. The minimum Gasteiger partial charge on any atom is -0.508 e. The molecule has 43 heavy (non-hydrogen) atoms. The van der Waals surface area contributed by atoms with E-state index in [1.165, 1.54) is 25.3 Å². The molecule has 226 valence electrons. The van der Waals surface area contributed by atoms with Gasteiger partial charge in [0.15, 0.2) is 33.0 Å². The smallest absolute Gasteiger partial charge is 0.258 e. The summed E-state index contributed by atoms with van der Waals surface area (Å²) in [5.41, 5.74) is -1.97. The van der Waals surface area contributed by atoms with Crippen LogP contribution in [0.4, 0.5) is 27.6 Å². The predicted octanol–water partition coefficient (Wildman–Crippen LogP) is 4.05. The number of amides is 4. The number of hydrogen-bond donors (Lipinski definition) is 2. The van der Waals surface area contributed by atoms with Crippen LogP contribution in [0.25, 0.3) is 0 Å². The van der Waals surface area contributed by atoms with Gasteiger partial charge in [0.1, 0.15) is 17.2 Å². The Labute approximate surface area is 248 Å². The lowest BCUT2D eigenvalue weighted by Gasteiger charge is -2.50. The summed E-state index contributed by atoms with van der Waals surface area (Å²) in [5.74, 6) is -23.5. The fourth-order valence-electron chi connectivity index (χ4n) is 6.79. The SMILES string of the molecule is COc1ccc(C2C3=CCC4C(=O)N(O)C(=O)C4C3CC3(Cl)C(=O)N(c4c(F)c(F)c(F)c(F)c4F)C(=O)C23Cl)c(O)c1. The molecule has 2 aliphatic heterocycles. The van der Waals surface area contributed by atoms with E-state index in [-0.39, 0.29) is 33.3 Å². The average molecular weight is 647 g/mol. The minimum atomic E-state index is -2.78. The molecule has 6 unspecified atom stereocenters. The van der Waals surface area contributed by atoms with Crippen LogP contribution in [0.2, 0.25) is 0 Å². The van der Waals surface area contributed by atoms with Crippen LogP contribution in [0.3, 0.4) is 0 Å². The normalized spacial score (nSPS) is 31.7. The van der Waals surface area contributed by atoms with E-state index >= 15 is 0 Å². The number of aromatic hydroxyl groups is 1. The second-order valence-corrected chi connectivity index (χ2v) is 11.8. The number of benzene rings is 2. The Hall–Kier alpha value is -3.75. The number of nitrogens with zero attached hydrogens (tertiary/aromatic N) is 2. The van der Waals surface area contributed by atoms with E-state index in [4.69, 9.17) is 27.9 Å². The summed E-state index contributed by atoms with van der Waals surface area (Å²) in [6.07, 6.45) is 0.531. The molecule has 2 aromatic carbocycles. The van der Waals surface area contributed by atoms with Gasteiger partial charge in [0.25, 0.3) is 23.6 Å². The van der Waals surface area contributed by atoms with Crippen molar-refractivity contribution in [3.8, 4) is 11.5 Å². The first-order valence-corrected chi connectivity index (χ1v) is 13.3. The molecular weight excluding hydrogens is 630 g/mol. The summed E-state index contributed by atoms with van der Waals surface area (Å²) in [7, 11) is 1.28. The zero-order valence-electron chi connectivity index (χ0n) is 21.5. The number of halogens is 7. The van der Waals surface area contributed by atoms with Crippen molar-refractivity contribution in [2.24, 2.45) is 17.8 Å². The summed E-state index contributed by atoms with van der Waals surface area (Å²) in [6, 6.07) is 3.70. The number of allylic oxidation sites excluding steroid dienone is 2. The molecule has 3 fully saturated rings. The molecule has 0 spiro atoms. The number of hydrogen-bond acceptors (Lipinski definition) is 7. The highest BCUT2D eigenvalue weighted by Gasteiger charge is 2.77. The van der Waals surface area contributed by atoms with Crippen molar-refractivity contribution in [2.45, 2.75) is 28.5 Å². The summed E-state index contributed by atoms with van der Waals surface area (Å²) in [4.78, 5) is 47.8. The Balaban J connectivity index is 1.62. The number of anilines is 1. The van der Waals surface area contributed by atoms with Crippen LogP contribution < -0.4 is 9.64 Å². The molecule has 2 N–H and O–H groups in total. The maximum Gasteiger partial charge on any atom is 0.258 e. The van der Waals surface area contributed by atoms with Crippen molar-refractivity contribution in [1.29, 1.82) is 0 Å². The Morgan fingerprint density at radius 3 is 2.09 bits per heavy atom. The lowest BCUT2D eigenvalue weighted by molar-refractivity contribution is -0.173. The average Bonchev–Trinajstić information content (AvgIpc) is 3.29. The maximum absolute atomic E-state index is 15.0. The van der Waals surface area contributed by atoms with E-state index in [1.54, 1.807) is 0 Å². The molecule has 2 aromatic rings. The predicted molar refractivity (Wildman–Crippen MR) is 135 cm³/mol. The summed E-state index contributed by atoms with van der Waals surface area (Å²) >= 11 is 13.8. The van der Waals surface area contributed by atoms with Crippen molar-refractivity contribution < 1.29 is 56.2 Å². The van der Waals surface area contributed by atoms with Crippen molar-refractivity contribution in [3.05, 3.63) is 64.5 Å². The minimum absolute atomic E-state index is 0.0851. The van der Waals surface area contributed by atoms with Gasteiger partial charge in [-0.05, 0) is 24.8 Å². The monoisotopic (exact) mass is 646 g/mol. The molecule has 6 rings (SSSR count). The maximum atomic E-state index is 15.0. The standard InChI is InChI=1S/C27H17Cl2F5N2O7/c1-43-8-2-3-10(13(37)6-8)15-9-4-5-11-14(23(39)36(42)22(11)38)12(9)7-26(28)24(40)35(25(41)27(15,26)29)21-19(33)17(31)16(30)18(32)20(21)34/h2-4,6,11-12,14-15,37,42H,5,7H2,1H3. The van der Waals surface area contributed by atoms with Crippen LogP contribution in [0, 0.1) is 46.8 Å². The van der Waals surface area contributed by atoms with Crippen LogP contribution >= 0.6 is 23.2 Å². The summed E-state index contributed by atoms with van der Waals surface area (Å²) < 4.78 is 77.3. The van der Waals surface area contributed by atoms with Crippen LogP contribution in [0.15, 0.2) is 29.8 Å². The Kier molecular flexibility index (Phi) is 6.39. The summed E-state index contributed by atoms with van der Waals surface area (Å²) in [5, 5.41) is 21.0. The van der Waals surface area contributed by atoms with E-state index in [0.29, 0.717) is 0 Å². The van der Waals surface area contributed by atoms with E-state index in [0.717, 1.165) is 6.07 Å². The Morgan fingerprint density at radius 2 is 1.51 bits per heavy atom. The van der Waals surface area contributed by atoms with Gasteiger partial charge in [0.05, 0.1) is 18.9 Å². The number of phenols is 1. The Morgan fingerprint density at radius 1 is 0.907 bits per heavy atom. The number of ether oxygens (including phenoxy) is 1. The first-order chi connectivity index (χ1) is 20.1. The number of imide groups is 2. The second-order valence-electron chi connectivity index (χ2n) is 10.6. The lowest BCUT2D eigenvalue weighted by Crippen LogP contribution is -2.60. The molecular formula is C27H17Cl2F5N2O7. The number of methoxy groups -OCH3 is 1. The van der Waals surface area contributed by atoms with Crippen LogP contribution in [0.5, 0.6) is 11.5 Å². The van der Waals surface area contributed by atoms with Crippen molar-refractivity contribution in [1.82, 2.24) is 5.06 Å². The zero-order valence-corrected chi connectivity index (χ0v) is 23.0. The van der Waals surface area contributed by atoms with E-state index < -0.39 is 104 Å². The number of alkyl halides is 2. The molecule has 6 atom stereocenters. The van der Waals surface area contributed by atoms with Gasteiger partial charge in [-0.1, -0.05) is 17.7 Å². The zero-order chi connectivity index (χ0) is 31.5. The van der Waals surface area contributed by atoms with Gasteiger partial charge in [-0.15, -0.1) is 23.2 Å². The molecule has 0 bridgehead atoms. The molecule has 4 amide bonds. The largest absolute Gasteiger partial charge is 0.508 e. The number of rotatable bonds is 3. The topological polar surface area (TPSA) is 124 Å². The van der Waals surface area contributed by atoms with E-state index in [1.807, 2.05) is 0 Å². The molecule has 0 aromatic heterocycles. The quantitative estimate of drug-likeness (QED) is 0.0981. The number of phenolic OH excluding ortho intramolecular Hbond substituents is 1. The van der Waals surface area contributed by atoms with Crippen molar-refractivity contribution in [2.75, 3.05) is 12.0 Å². The van der Waals surface area contributed by atoms with Crippen LogP contribution in [-0.4, -0.2) is 55.9 Å². The van der Waals surface area contributed by atoms with Gasteiger partial charge in [-0.2, -0.15) is 5.06 Å². The van der Waals surface area contributed by atoms with Crippen molar-refractivity contribution >= 4 is 52.5 Å². The van der Waals surface area contributed by atoms with Crippen LogP contribution in [0.1, 0.15) is 24.3 Å². The van der Waals surface area contributed by atoms with Gasteiger partial charge in [-0.3, -0.25) is 24.4 Å². The first-order valence-electron chi connectivity index (χ1n) is 12.5. The third-order valence-corrected chi connectivity index (χ3v) is 10.2. The molecule has 2 heterocycles. The molecule has 2 aliphatic carbocycles. The molecule has 4 aliphatic rings. The third-order valence-electron chi connectivity index (χ3n) is 8.75. The lowest BCUT2D eigenvalue weighted by atomic mass is 9.56. The fraction of sp³-hybridized carbons (Fsp3) is 0.333. The number of carbonyl (C=O) groups is 4. The number of carbonyl (C=O) groups excluding carboxylic acids is 4. The molecule has 16 heteroatoms. The first kappa shape index (κ1) is 29.3. The van der Waals surface area contributed by atoms with E-state index in [9.17, 15) is 51.4 Å². The van der Waals surface area contributed by atoms with Crippen molar-refractivity contribution in [3.63, 3.8) is 0 Å². The molecule has 1 saturated carbocycles. The van der Waals surface area contributed by atoms with Gasteiger partial charge >= 0.3 is 0 Å². The highest BCUT2D eigenvalue weighted by Crippen LogP contribution is 2.66. The fourth-order valence-corrected chi connectivity index (χ4v) is 7.72. The number of fused-ring (bicyclic) bond motifs is 4. The molecule has 9 nitrogen and oxygen atoms in total. The summed E-state index contributed by atoms with van der Waals surface area (Å²) in [6.45, 7) is 0. The highest BCUT2D eigenvalue weighted by molar-refractivity contribution is 6.58. The molecule has 0 radical (unpaired) electrons. The van der Waals surface area contributed by atoms with Gasteiger partial charge in [-0.25, -0.2) is 26.9 Å². The highest BCUT2D eigenvalue weighted by atomic mass is 35.5. The van der Waals surface area contributed by atoms with Crippen LogP contribution in [-0.2, 0) is 19.2 Å². The van der Waals surface area contributed by atoms with Gasteiger partial charge in [0, 0.05) is 17.5 Å². The van der Waals surface area contributed by atoms with Gasteiger partial charge < -0.3 is 9.84 Å². The number of hydroxylamine groups is 2. The van der Waals surface area contributed by atoms with E-state index in [2.05, 4.69) is 0 Å². The van der Waals surface area contributed by atoms with Gasteiger partial charge in [0.2, 0.25) is 5.82 Å². The second kappa shape index (κ2) is 9.37. The third kappa shape index (κ3) is 3.48. The molecule has 2 saturated heterocycles.